The van der Waals surface area contributed by atoms with Gasteiger partial charge in [0.15, 0.2) is 0 Å². The number of benzene rings is 1. The van der Waals surface area contributed by atoms with Crippen LogP contribution in [0.2, 0.25) is 0 Å². The Labute approximate surface area is 121 Å². The zero-order chi connectivity index (χ0) is 15.1. The number of alkyl halides is 3. The van der Waals surface area contributed by atoms with Crippen LogP contribution in [-0.2, 0) is 11.3 Å². The molecule has 21 heavy (non-hydrogen) atoms. The number of nitrogens with one attached hydrogen (secondary N) is 1. The summed E-state index contributed by atoms with van der Waals surface area (Å²) in [5.41, 5.74) is 0.497. The molecule has 1 heterocycles. The quantitative estimate of drug-likeness (QED) is 0.815. The van der Waals surface area contributed by atoms with Crippen molar-refractivity contribution < 1.29 is 22.6 Å². The Kier molecular flexibility index (Phi) is 5.84. The lowest BCUT2D eigenvalue weighted by Crippen LogP contribution is -2.40. The van der Waals surface area contributed by atoms with Gasteiger partial charge in [0, 0.05) is 38.3 Å². The molecule has 1 N–H and O–H groups in total. The maximum absolute atomic E-state index is 12.3. The second kappa shape index (κ2) is 7.63. The first kappa shape index (κ1) is 16.1. The summed E-state index contributed by atoms with van der Waals surface area (Å²) in [4.78, 5) is 2.26. The van der Waals surface area contributed by atoms with Crippen LogP contribution in [0.15, 0.2) is 24.3 Å². The van der Waals surface area contributed by atoms with Crippen molar-refractivity contribution >= 4 is 0 Å². The van der Waals surface area contributed by atoms with E-state index in [0.717, 1.165) is 32.8 Å². The van der Waals surface area contributed by atoms with E-state index in [9.17, 15) is 13.2 Å². The van der Waals surface area contributed by atoms with Gasteiger partial charge in [-0.05, 0) is 6.07 Å². The number of halogens is 3. The molecule has 0 unspecified atom stereocenters. The third-order valence-electron chi connectivity index (χ3n) is 3.22. The summed E-state index contributed by atoms with van der Waals surface area (Å²) in [6.45, 7) is 5.18. The highest BCUT2D eigenvalue weighted by Crippen LogP contribution is 2.25. The van der Waals surface area contributed by atoms with Gasteiger partial charge in [0.25, 0.3) is 0 Å². The third-order valence-corrected chi connectivity index (χ3v) is 3.22. The molecule has 1 aliphatic heterocycles. The highest BCUT2D eigenvalue weighted by molar-refractivity contribution is 5.33. The van der Waals surface area contributed by atoms with Gasteiger partial charge < -0.3 is 14.8 Å². The number of para-hydroxylation sites is 1. The summed E-state index contributed by atoms with van der Waals surface area (Å²) in [6.07, 6.45) is -4.66. The molecule has 0 aromatic heterocycles. The van der Waals surface area contributed by atoms with Crippen LogP contribution in [-0.4, -0.2) is 50.7 Å². The van der Waals surface area contributed by atoms with Gasteiger partial charge in [-0.3, -0.25) is 4.90 Å². The molecule has 0 bridgehead atoms. The SMILES string of the molecule is FC(F)(F)Oc1ccccc1CNCCN1CCOCC1. The lowest BCUT2D eigenvalue weighted by atomic mass is 10.2. The van der Waals surface area contributed by atoms with Crippen LogP contribution in [0.4, 0.5) is 13.2 Å². The van der Waals surface area contributed by atoms with Crippen molar-refractivity contribution in [3.63, 3.8) is 0 Å². The van der Waals surface area contributed by atoms with Crippen LogP contribution in [0, 0.1) is 0 Å². The number of ether oxygens (including phenoxy) is 2. The van der Waals surface area contributed by atoms with Crippen LogP contribution >= 0.6 is 0 Å². The van der Waals surface area contributed by atoms with E-state index in [1.54, 1.807) is 12.1 Å². The Hall–Kier alpha value is -1.31. The van der Waals surface area contributed by atoms with Crippen molar-refractivity contribution in [2.24, 2.45) is 0 Å². The predicted molar refractivity (Wildman–Crippen MR) is 72.1 cm³/mol. The van der Waals surface area contributed by atoms with Crippen LogP contribution in [0.5, 0.6) is 5.75 Å². The Morgan fingerprint density at radius 3 is 2.62 bits per heavy atom. The van der Waals surface area contributed by atoms with E-state index in [1.165, 1.54) is 12.1 Å². The summed E-state index contributed by atoms with van der Waals surface area (Å²) < 4.78 is 46.1. The van der Waals surface area contributed by atoms with Gasteiger partial charge in [-0.2, -0.15) is 0 Å². The number of nitrogens with zero attached hydrogens (tertiary/aromatic N) is 1. The van der Waals surface area contributed by atoms with E-state index in [1.807, 2.05) is 0 Å². The second-order valence-corrected chi connectivity index (χ2v) is 4.79. The van der Waals surface area contributed by atoms with Crippen LogP contribution in [0.1, 0.15) is 5.56 Å². The van der Waals surface area contributed by atoms with Crippen LogP contribution in [0.3, 0.4) is 0 Å². The van der Waals surface area contributed by atoms with Crippen molar-refractivity contribution in [1.29, 1.82) is 0 Å². The average molecular weight is 304 g/mol. The minimum Gasteiger partial charge on any atom is -0.405 e. The maximum atomic E-state index is 12.3. The summed E-state index contributed by atoms with van der Waals surface area (Å²) in [7, 11) is 0. The molecule has 4 nitrogen and oxygen atoms in total. The Bertz CT molecular complexity index is 434. The summed E-state index contributed by atoms with van der Waals surface area (Å²) >= 11 is 0. The van der Waals surface area contributed by atoms with Gasteiger partial charge in [0.05, 0.1) is 13.2 Å². The molecule has 1 fully saturated rings. The number of hydrogen-bond acceptors (Lipinski definition) is 4. The molecule has 1 saturated heterocycles. The van der Waals surface area contributed by atoms with E-state index in [-0.39, 0.29) is 5.75 Å². The summed E-state index contributed by atoms with van der Waals surface area (Å²) in [6, 6.07) is 6.18. The molecule has 2 rings (SSSR count). The van der Waals surface area contributed by atoms with E-state index in [2.05, 4.69) is 15.0 Å². The molecule has 0 saturated carbocycles. The van der Waals surface area contributed by atoms with Gasteiger partial charge in [-0.25, -0.2) is 0 Å². The van der Waals surface area contributed by atoms with E-state index >= 15 is 0 Å². The third kappa shape index (κ3) is 5.91. The maximum Gasteiger partial charge on any atom is 0.573 e. The monoisotopic (exact) mass is 304 g/mol. The highest BCUT2D eigenvalue weighted by atomic mass is 19.4. The van der Waals surface area contributed by atoms with E-state index in [0.29, 0.717) is 18.7 Å². The lowest BCUT2D eigenvalue weighted by molar-refractivity contribution is -0.274. The molecule has 1 aromatic carbocycles. The molecule has 0 spiro atoms. The lowest BCUT2D eigenvalue weighted by Gasteiger charge is -2.26. The fourth-order valence-corrected chi connectivity index (χ4v) is 2.16. The molecular weight excluding hydrogens is 285 g/mol. The van der Waals surface area contributed by atoms with E-state index in [4.69, 9.17) is 4.74 Å². The fourth-order valence-electron chi connectivity index (χ4n) is 2.16. The normalized spacial score (nSPS) is 16.9. The first-order valence-corrected chi connectivity index (χ1v) is 6.89. The van der Waals surface area contributed by atoms with Crippen molar-refractivity contribution in [3.05, 3.63) is 29.8 Å². The van der Waals surface area contributed by atoms with Crippen molar-refractivity contribution in [3.8, 4) is 5.75 Å². The van der Waals surface area contributed by atoms with Crippen LogP contribution in [0.25, 0.3) is 0 Å². The minimum atomic E-state index is -4.66. The summed E-state index contributed by atoms with van der Waals surface area (Å²) in [5.74, 6) is -0.149. The van der Waals surface area contributed by atoms with Crippen LogP contribution < -0.4 is 10.1 Å². The first-order chi connectivity index (χ1) is 10.0. The molecule has 118 valence electrons. The van der Waals surface area contributed by atoms with Gasteiger partial charge in [0.1, 0.15) is 5.75 Å². The number of rotatable bonds is 6. The molecule has 0 amide bonds. The Morgan fingerprint density at radius 1 is 1.19 bits per heavy atom. The first-order valence-electron chi connectivity index (χ1n) is 6.89. The van der Waals surface area contributed by atoms with Crippen molar-refractivity contribution in [2.75, 3.05) is 39.4 Å². The molecule has 1 aliphatic rings. The Balaban J connectivity index is 1.77. The van der Waals surface area contributed by atoms with Crippen molar-refractivity contribution in [2.45, 2.75) is 12.9 Å². The molecular formula is C14H19F3N2O2. The second-order valence-electron chi connectivity index (χ2n) is 4.79. The minimum absolute atomic E-state index is 0.149. The highest BCUT2D eigenvalue weighted by Gasteiger charge is 2.31. The standard InChI is InChI=1S/C14H19F3N2O2/c15-14(16,17)21-13-4-2-1-3-12(13)11-18-5-6-19-7-9-20-10-8-19/h1-4,18H,5-11H2. The van der Waals surface area contributed by atoms with E-state index < -0.39 is 6.36 Å². The zero-order valence-corrected chi connectivity index (χ0v) is 11.7. The number of morpholine rings is 1. The van der Waals surface area contributed by atoms with Gasteiger partial charge >= 0.3 is 6.36 Å². The summed E-state index contributed by atoms with van der Waals surface area (Å²) in [5, 5.41) is 3.15. The molecule has 0 aliphatic carbocycles. The largest absolute Gasteiger partial charge is 0.573 e. The molecule has 0 atom stereocenters. The molecule has 1 aromatic rings. The van der Waals surface area contributed by atoms with Crippen molar-refractivity contribution in [1.82, 2.24) is 10.2 Å². The topological polar surface area (TPSA) is 33.7 Å². The average Bonchev–Trinajstić information content (AvgIpc) is 2.45. The molecule has 7 heteroatoms. The zero-order valence-electron chi connectivity index (χ0n) is 11.7. The fraction of sp³-hybridized carbons (Fsp3) is 0.571. The van der Waals surface area contributed by atoms with Gasteiger partial charge in [-0.1, -0.05) is 18.2 Å². The molecule has 0 radical (unpaired) electrons. The van der Waals surface area contributed by atoms with Gasteiger partial charge in [0.2, 0.25) is 0 Å². The number of hydrogen-bond donors (Lipinski definition) is 1. The Morgan fingerprint density at radius 2 is 1.90 bits per heavy atom. The van der Waals surface area contributed by atoms with Gasteiger partial charge in [-0.15, -0.1) is 13.2 Å². The predicted octanol–water partition coefficient (Wildman–Crippen LogP) is 2.01. The smallest absolute Gasteiger partial charge is 0.405 e.